The lowest BCUT2D eigenvalue weighted by molar-refractivity contribution is -0.119. The van der Waals surface area contributed by atoms with Crippen molar-refractivity contribution in [1.29, 1.82) is 0 Å². The Kier molecular flexibility index (Phi) is 7.82. The van der Waals surface area contributed by atoms with E-state index < -0.39 is 0 Å². The summed E-state index contributed by atoms with van der Waals surface area (Å²) in [5.74, 6) is 0.349. The molecule has 2 unspecified atom stereocenters. The molecule has 0 aromatic carbocycles. The van der Waals surface area contributed by atoms with Crippen LogP contribution >= 0.6 is 11.8 Å². The molecule has 0 fully saturated rings. The highest BCUT2D eigenvalue weighted by Gasteiger charge is 2.17. The summed E-state index contributed by atoms with van der Waals surface area (Å²) in [5, 5.41) is 12.2. The number of carbonyl (C=O) groups excluding carboxylic acids is 1. The molecule has 0 rings (SSSR count). The Morgan fingerprint density at radius 1 is 1.47 bits per heavy atom. The van der Waals surface area contributed by atoms with Gasteiger partial charge in [-0.1, -0.05) is 20.8 Å². The maximum Gasteiger partial charge on any atom is 0.235 e. The van der Waals surface area contributed by atoms with Crippen LogP contribution in [0.4, 0.5) is 0 Å². The van der Waals surface area contributed by atoms with E-state index in [2.05, 4.69) is 5.32 Å². The number of hydrogen-bond acceptors (Lipinski definition) is 4. The minimum atomic E-state index is -0.313. The van der Waals surface area contributed by atoms with Gasteiger partial charge in [-0.3, -0.25) is 4.79 Å². The molecule has 90 valence electrons. The molecule has 0 aliphatic rings. The van der Waals surface area contributed by atoms with Crippen LogP contribution in [-0.2, 0) is 4.79 Å². The molecule has 1 amide bonds. The molecule has 0 saturated heterocycles. The van der Waals surface area contributed by atoms with Gasteiger partial charge in [-0.05, 0) is 6.42 Å². The predicted octanol–water partition coefficient (Wildman–Crippen LogP) is 0.342. The van der Waals surface area contributed by atoms with Crippen LogP contribution < -0.4 is 11.1 Å². The number of aliphatic hydroxyl groups is 1. The van der Waals surface area contributed by atoms with Gasteiger partial charge in [0.1, 0.15) is 0 Å². The lowest BCUT2D eigenvalue weighted by Crippen LogP contribution is -2.46. The molecule has 0 aromatic heterocycles. The summed E-state index contributed by atoms with van der Waals surface area (Å²) in [7, 11) is 0. The lowest BCUT2D eigenvalue weighted by Gasteiger charge is -2.19. The zero-order valence-corrected chi connectivity index (χ0v) is 10.5. The van der Waals surface area contributed by atoms with Gasteiger partial charge in [0, 0.05) is 23.7 Å². The Labute approximate surface area is 96.0 Å². The number of thioether (sulfide) groups is 1. The predicted molar refractivity (Wildman–Crippen MR) is 64.9 cm³/mol. The molecule has 0 saturated carbocycles. The first-order valence-corrected chi connectivity index (χ1v) is 6.30. The van der Waals surface area contributed by atoms with Crippen molar-refractivity contribution >= 4 is 17.7 Å². The zero-order chi connectivity index (χ0) is 11.8. The smallest absolute Gasteiger partial charge is 0.235 e. The highest BCUT2D eigenvalue weighted by molar-refractivity contribution is 7.99. The van der Waals surface area contributed by atoms with E-state index in [1.54, 1.807) is 11.8 Å². The average Bonchev–Trinajstić information content (AvgIpc) is 2.11. The monoisotopic (exact) mass is 234 g/mol. The number of primary amides is 1. The van der Waals surface area contributed by atoms with Crippen LogP contribution in [0.3, 0.4) is 0 Å². The molecule has 0 heterocycles. The Morgan fingerprint density at radius 2 is 2.07 bits per heavy atom. The Hall–Kier alpha value is -0.260. The molecule has 15 heavy (non-hydrogen) atoms. The quantitative estimate of drug-likeness (QED) is 0.566. The number of hydrogen-bond donors (Lipinski definition) is 3. The summed E-state index contributed by atoms with van der Waals surface area (Å²) in [6, 6.07) is -0.0348. The van der Waals surface area contributed by atoms with Crippen LogP contribution in [0.25, 0.3) is 0 Å². The van der Waals surface area contributed by atoms with Gasteiger partial charge in [0.25, 0.3) is 0 Å². The fraction of sp³-hybridized carbons (Fsp3) is 0.900. The zero-order valence-electron chi connectivity index (χ0n) is 9.69. The second-order valence-corrected chi connectivity index (χ2v) is 5.40. The largest absolute Gasteiger partial charge is 0.396 e. The van der Waals surface area contributed by atoms with Crippen molar-refractivity contribution < 1.29 is 9.90 Å². The number of rotatable bonds is 8. The van der Waals surface area contributed by atoms with Gasteiger partial charge in [0.15, 0.2) is 0 Å². The molecular weight excluding hydrogens is 212 g/mol. The lowest BCUT2D eigenvalue weighted by atomic mass is 10.3. The molecule has 4 N–H and O–H groups in total. The summed E-state index contributed by atoms with van der Waals surface area (Å²) >= 11 is 1.66. The molecule has 0 aliphatic heterocycles. The van der Waals surface area contributed by atoms with Crippen molar-refractivity contribution in [3.63, 3.8) is 0 Å². The molecule has 4 nitrogen and oxygen atoms in total. The van der Waals surface area contributed by atoms with Gasteiger partial charge in [0.05, 0.1) is 6.04 Å². The van der Waals surface area contributed by atoms with E-state index in [0.29, 0.717) is 11.0 Å². The molecule has 0 radical (unpaired) electrons. The van der Waals surface area contributed by atoms with Gasteiger partial charge in [-0.25, -0.2) is 0 Å². The minimum Gasteiger partial charge on any atom is -0.396 e. The fourth-order valence-corrected chi connectivity index (χ4v) is 2.19. The van der Waals surface area contributed by atoms with E-state index in [4.69, 9.17) is 10.8 Å². The first-order chi connectivity index (χ1) is 6.97. The third kappa shape index (κ3) is 7.64. The number of aliphatic hydroxyl groups excluding tert-OH is 1. The van der Waals surface area contributed by atoms with Gasteiger partial charge in [-0.2, -0.15) is 11.8 Å². The van der Waals surface area contributed by atoms with Crippen molar-refractivity contribution in [3.8, 4) is 0 Å². The third-order valence-corrected chi connectivity index (χ3v) is 3.29. The Bertz CT molecular complexity index is 188. The average molecular weight is 234 g/mol. The first kappa shape index (κ1) is 14.7. The van der Waals surface area contributed by atoms with Crippen LogP contribution in [0.1, 0.15) is 27.2 Å². The SMILES string of the molecule is CC(C)NC(CSC(C)CCO)C(N)=O. The molecule has 5 heteroatoms. The second kappa shape index (κ2) is 7.96. The van der Waals surface area contributed by atoms with Crippen molar-refractivity contribution in [2.45, 2.75) is 44.5 Å². The number of nitrogens with two attached hydrogens (primary N) is 1. The van der Waals surface area contributed by atoms with Gasteiger partial charge >= 0.3 is 0 Å². The molecule has 2 atom stereocenters. The third-order valence-electron chi connectivity index (χ3n) is 1.96. The van der Waals surface area contributed by atoms with E-state index in [9.17, 15) is 4.79 Å². The second-order valence-electron chi connectivity index (χ2n) is 3.93. The first-order valence-electron chi connectivity index (χ1n) is 5.25. The topological polar surface area (TPSA) is 75.3 Å². The van der Waals surface area contributed by atoms with E-state index >= 15 is 0 Å². The number of carbonyl (C=O) groups is 1. The van der Waals surface area contributed by atoms with Crippen LogP contribution in [0.15, 0.2) is 0 Å². The molecule has 0 aromatic rings. The van der Waals surface area contributed by atoms with Crippen LogP contribution in [0.2, 0.25) is 0 Å². The summed E-state index contributed by atoms with van der Waals surface area (Å²) < 4.78 is 0. The number of nitrogens with one attached hydrogen (secondary N) is 1. The van der Waals surface area contributed by atoms with Crippen molar-refractivity contribution in [3.05, 3.63) is 0 Å². The highest BCUT2D eigenvalue weighted by atomic mass is 32.2. The molecule has 0 aliphatic carbocycles. The molecule has 0 spiro atoms. The normalized spacial score (nSPS) is 15.3. The fourth-order valence-electron chi connectivity index (χ4n) is 1.14. The summed E-state index contributed by atoms with van der Waals surface area (Å²) in [4.78, 5) is 11.1. The van der Waals surface area contributed by atoms with E-state index in [1.807, 2.05) is 20.8 Å². The van der Waals surface area contributed by atoms with Crippen LogP contribution in [0.5, 0.6) is 0 Å². The summed E-state index contributed by atoms with van der Waals surface area (Å²) in [6.45, 7) is 6.19. The van der Waals surface area contributed by atoms with Crippen molar-refractivity contribution in [2.24, 2.45) is 5.73 Å². The van der Waals surface area contributed by atoms with Crippen LogP contribution in [0, 0.1) is 0 Å². The van der Waals surface area contributed by atoms with Crippen molar-refractivity contribution in [2.75, 3.05) is 12.4 Å². The molecule has 0 bridgehead atoms. The van der Waals surface area contributed by atoms with Gasteiger partial charge in [0.2, 0.25) is 5.91 Å². The summed E-state index contributed by atoms with van der Waals surface area (Å²) in [6.07, 6.45) is 0.748. The van der Waals surface area contributed by atoms with E-state index in [0.717, 1.165) is 6.42 Å². The maximum atomic E-state index is 11.1. The Morgan fingerprint density at radius 3 is 2.47 bits per heavy atom. The number of amides is 1. The van der Waals surface area contributed by atoms with E-state index in [-0.39, 0.29) is 24.6 Å². The van der Waals surface area contributed by atoms with Crippen LogP contribution in [-0.4, -0.2) is 40.7 Å². The molecular formula is C10H22N2O2S. The minimum absolute atomic E-state index is 0.188. The van der Waals surface area contributed by atoms with Gasteiger partial charge < -0.3 is 16.2 Å². The van der Waals surface area contributed by atoms with Crippen molar-refractivity contribution in [1.82, 2.24) is 5.32 Å². The van der Waals surface area contributed by atoms with E-state index in [1.165, 1.54) is 0 Å². The standard InChI is InChI=1S/C10H22N2O2S/c1-7(2)12-9(10(11)14)6-15-8(3)4-5-13/h7-9,12-13H,4-6H2,1-3H3,(H2,11,14). The summed E-state index contributed by atoms with van der Waals surface area (Å²) in [5.41, 5.74) is 5.28. The maximum absolute atomic E-state index is 11.1. The van der Waals surface area contributed by atoms with Gasteiger partial charge in [-0.15, -0.1) is 0 Å². The highest BCUT2D eigenvalue weighted by Crippen LogP contribution is 2.14. The Balaban J connectivity index is 3.90.